The Morgan fingerprint density at radius 1 is 1.09 bits per heavy atom. The Labute approximate surface area is 140 Å². The molecule has 0 amide bonds. The highest BCUT2D eigenvalue weighted by molar-refractivity contribution is 6.73. The van der Waals surface area contributed by atoms with Crippen LogP contribution in [0.3, 0.4) is 0 Å². The van der Waals surface area contributed by atoms with Gasteiger partial charge in [0.2, 0.25) is 6.29 Å². The maximum absolute atomic E-state index is 6.57. The Morgan fingerprint density at radius 2 is 1.74 bits per heavy atom. The van der Waals surface area contributed by atoms with Gasteiger partial charge in [-0.2, -0.15) is 0 Å². The van der Waals surface area contributed by atoms with E-state index < -0.39 is 14.6 Å². The zero-order chi connectivity index (χ0) is 16.7. The number of rotatable bonds is 9. The van der Waals surface area contributed by atoms with Crippen molar-refractivity contribution in [3.8, 4) is 0 Å². The Morgan fingerprint density at radius 3 is 2.26 bits per heavy atom. The Kier molecular flexibility index (Phi) is 6.56. The zero-order valence-electron chi connectivity index (χ0n) is 14.7. The summed E-state index contributed by atoms with van der Waals surface area (Å²) in [4.78, 5) is 4.45. The molecule has 0 saturated heterocycles. The summed E-state index contributed by atoms with van der Waals surface area (Å²) < 4.78 is 14.7. The van der Waals surface area contributed by atoms with E-state index in [9.17, 15) is 0 Å². The number of aryl methyl sites for hydroxylation is 1. The molecule has 0 aliphatic rings. The summed E-state index contributed by atoms with van der Waals surface area (Å²) in [6, 6.07) is 13.5. The molecule has 0 radical (unpaired) electrons. The van der Waals surface area contributed by atoms with Crippen LogP contribution >= 0.6 is 0 Å². The minimum absolute atomic E-state index is 0.401. The second-order valence-electron chi connectivity index (χ2n) is 5.89. The van der Waals surface area contributed by atoms with Crippen LogP contribution < -0.4 is 0 Å². The largest absolute Gasteiger partial charge is 0.387 e. The number of nitrogens with zero attached hydrogens (tertiary/aromatic N) is 2. The molecule has 1 unspecified atom stereocenters. The fraction of sp³-hybridized carbons (Fsp3) is 0.500. The summed E-state index contributed by atoms with van der Waals surface area (Å²) in [6.45, 7) is 7.21. The molecule has 4 nitrogen and oxygen atoms in total. The minimum atomic E-state index is -1.78. The molecular formula is C18H28N2O2Si. The molecule has 5 heteroatoms. The van der Waals surface area contributed by atoms with Crippen molar-refractivity contribution in [3.05, 3.63) is 54.1 Å². The third-order valence-electron chi connectivity index (χ3n) is 4.60. The lowest BCUT2D eigenvalue weighted by molar-refractivity contribution is -0.107. The standard InChI is InChI=1S/C18H28N2O2Si/c1-5-23(6-2,7-3)22-18(17-19-13-14-20(17)4)21-15-16-11-9-8-10-12-16/h8-14,18H,5-7,15H2,1-4H3. The summed E-state index contributed by atoms with van der Waals surface area (Å²) in [5.74, 6) is 0.841. The molecule has 0 fully saturated rings. The van der Waals surface area contributed by atoms with Crippen molar-refractivity contribution in [2.75, 3.05) is 0 Å². The van der Waals surface area contributed by atoms with Crippen LogP contribution in [0.5, 0.6) is 0 Å². The summed E-state index contributed by atoms with van der Waals surface area (Å²) in [5.41, 5.74) is 1.15. The number of benzene rings is 1. The predicted octanol–water partition coefficient (Wildman–Crippen LogP) is 4.66. The number of aromatic nitrogens is 2. The van der Waals surface area contributed by atoms with Crippen molar-refractivity contribution < 1.29 is 9.16 Å². The lowest BCUT2D eigenvalue weighted by atomic mass is 10.2. The molecule has 1 aromatic heterocycles. The van der Waals surface area contributed by atoms with E-state index in [1.165, 1.54) is 0 Å². The molecule has 2 aromatic rings. The first-order valence-corrected chi connectivity index (χ1v) is 11.0. The van der Waals surface area contributed by atoms with Gasteiger partial charge in [0.25, 0.3) is 0 Å². The normalized spacial score (nSPS) is 13.2. The number of hydrogen-bond acceptors (Lipinski definition) is 3. The molecule has 23 heavy (non-hydrogen) atoms. The number of imidazole rings is 1. The third kappa shape index (κ3) is 4.53. The van der Waals surface area contributed by atoms with Gasteiger partial charge in [-0.15, -0.1) is 0 Å². The first kappa shape index (κ1) is 17.9. The van der Waals surface area contributed by atoms with E-state index in [1.54, 1.807) is 6.20 Å². The fourth-order valence-electron chi connectivity index (χ4n) is 2.74. The molecule has 0 bridgehead atoms. The van der Waals surface area contributed by atoms with Gasteiger partial charge >= 0.3 is 0 Å². The average molecular weight is 333 g/mol. The van der Waals surface area contributed by atoms with E-state index in [0.717, 1.165) is 29.5 Å². The van der Waals surface area contributed by atoms with Gasteiger partial charge in [0.05, 0.1) is 6.61 Å². The quantitative estimate of drug-likeness (QED) is 0.495. The van der Waals surface area contributed by atoms with Crippen molar-refractivity contribution in [2.45, 2.75) is 51.8 Å². The zero-order valence-corrected chi connectivity index (χ0v) is 15.7. The summed E-state index contributed by atoms with van der Waals surface area (Å²) in [5, 5.41) is 0. The van der Waals surface area contributed by atoms with Crippen molar-refractivity contribution in [2.24, 2.45) is 7.05 Å². The van der Waals surface area contributed by atoms with E-state index in [0.29, 0.717) is 6.61 Å². The van der Waals surface area contributed by atoms with Crippen molar-refractivity contribution in [1.82, 2.24) is 9.55 Å². The van der Waals surface area contributed by atoms with Gasteiger partial charge in [-0.25, -0.2) is 4.98 Å². The molecule has 2 rings (SSSR count). The van der Waals surface area contributed by atoms with Crippen LogP contribution in [-0.2, 0) is 22.8 Å². The molecule has 0 aliphatic heterocycles. The minimum Gasteiger partial charge on any atom is -0.387 e. The second kappa shape index (κ2) is 8.43. The van der Waals surface area contributed by atoms with Gasteiger partial charge in [-0.1, -0.05) is 51.1 Å². The van der Waals surface area contributed by atoms with Crippen molar-refractivity contribution in [1.29, 1.82) is 0 Å². The predicted molar refractivity (Wildman–Crippen MR) is 95.5 cm³/mol. The Hall–Kier alpha value is -1.43. The van der Waals surface area contributed by atoms with Gasteiger partial charge < -0.3 is 13.7 Å². The summed E-state index contributed by atoms with van der Waals surface area (Å²) >= 11 is 0. The highest BCUT2D eigenvalue weighted by atomic mass is 28.4. The molecule has 0 aliphatic carbocycles. The van der Waals surface area contributed by atoms with E-state index in [4.69, 9.17) is 9.16 Å². The fourth-order valence-corrected chi connectivity index (χ4v) is 5.37. The van der Waals surface area contributed by atoms with Crippen LogP contribution in [0.25, 0.3) is 0 Å². The molecular weight excluding hydrogens is 304 g/mol. The highest BCUT2D eigenvalue weighted by Crippen LogP contribution is 2.30. The second-order valence-corrected chi connectivity index (χ2v) is 10.6. The molecule has 1 aromatic carbocycles. The van der Waals surface area contributed by atoms with Crippen LogP contribution in [0.1, 0.15) is 38.4 Å². The van der Waals surface area contributed by atoms with Crippen LogP contribution in [0, 0.1) is 0 Å². The topological polar surface area (TPSA) is 36.3 Å². The van der Waals surface area contributed by atoms with Crippen LogP contribution in [0.4, 0.5) is 0 Å². The molecule has 1 heterocycles. The van der Waals surface area contributed by atoms with E-state index in [1.807, 2.05) is 36.0 Å². The van der Waals surface area contributed by atoms with Gasteiger partial charge in [0, 0.05) is 19.4 Å². The maximum atomic E-state index is 6.57. The lowest BCUT2D eigenvalue weighted by Crippen LogP contribution is -2.38. The lowest BCUT2D eigenvalue weighted by Gasteiger charge is -2.32. The molecule has 0 spiro atoms. The third-order valence-corrected chi connectivity index (χ3v) is 9.18. The number of hydrogen-bond donors (Lipinski definition) is 0. The van der Waals surface area contributed by atoms with Gasteiger partial charge in [-0.05, 0) is 23.7 Å². The van der Waals surface area contributed by atoms with E-state index in [-0.39, 0.29) is 0 Å². The van der Waals surface area contributed by atoms with E-state index >= 15 is 0 Å². The van der Waals surface area contributed by atoms with Crippen LogP contribution in [-0.4, -0.2) is 17.9 Å². The van der Waals surface area contributed by atoms with Gasteiger partial charge in [-0.3, -0.25) is 0 Å². The smallest absolute Gasteiger partial charge is 0.208 e. The monoisotopic (exact) mass is 332 g/mol. The molecule has 0 N–H and O–H groups in total. The first-order valence-electron chi connectivity index (χ1n) is 8.44. The number of ether oxygens (including phenoxy) is 1. The summed E-state index contributed by atoms with van der Waals surface area (Å²) in [6.07, 6.45) is 3.33. The highest BCUT2D eigenvalue weighted by Gasteiger charge is 2.34. The van der Waals surface area contributed by atoms with Crippen LogP contribution in [0.15, 0.2) is 42.7 Å². The Bertz CT molecular complexity index is 573. The first-order chi connectivity index (χ1) is 11.1. The van der Waals surface area contributed by atoms with Gasteiger partial charge in [0.1, 0.15) is 0 Å². The van der Waals surface area contributed by atoms with Crippen molar-refractivity contribution >= 4 is 8.32 Å². The SMILES string of the molecule is CC[Si](CC)(CC)OC(OCc1ccccc1)c1nccn1C. The van der Waals surface area contributed by atoms with Crippen molar-refractivity contribution in [3.63, 3.8) is 0 Å². The van der Waals surface area contributed by atoms with Crippen LogP contribution in [0.2, 0.25) is 18.1 Å². The Balaban J connectivity index is 2.17. The summed E-state index contributed by atoms with van der Waals surface area (Å²) in [7, 11) is 0.208. The molecule has 0 saturated carbocycles. The maximum Gasteiger partial charge on any atom is 0.208 e. The van der Waals surface area contributed by atoms with Gasteiger partial charge in [0.15, 0.2) is 14.1 Å². The molecule has 126 valence electrons. The molecule has 1 atom stereocenters. The van der Waals surface area contributed by atoms with E-state index in [2.05, 4.69) is 37.9 Å². The average Bonchev–Trinajstić information content (AvgIpc) is 3.03.